The summed E-state index contributed by atoms with van der Waals surface area (Å²) in [6.45, 7) is 1.47. The van der Waals surface area contributed by atoms with Crippen LogP contribution in [0.5, 0.6) is 0 Å². The van der Waals surface area contributed by atoms with E-state index >= 15 is 0 Å². The average Bonchev–Trinajstić information content (AvgIpc) is 2.46. The Hall–Kier alpha value is -1.87. The molecule has 1 aromatic carbocycles. The van der Waals surface area contributed by atoms with Crippen molar-refractivity contribution >= 4 is 5.69 Å². The fraction of sp³-hybridized carbons (Fsp3) is 0.267. The summed E-state index contributed by atoms with van der Waals surface area (Å²) in [4.78, 5) is 6.44. The SMILES string of the molecule is CN(CCc1ccccc1)c1ccnc(CN)c1. The van der Waals surface area contributed by atoms with E-state index in [1.807, 2.05) is 24.4 Å². The highest BCUT2D eigenvalue weighted by molar-refractivity contribution is 5.45. The summed E-state index contributed by atoms with van der Waals surface area (Å²) in [5.74, 6) is 0. The number of benzene rings is 1. The fourth-order valence-electron chi connectivity index (χ4n) is 1.89. The zero-order chi connectivity index (χ0) is 12.8. The Balaban J connectivity index is 1.97. The molecule has 0 aliphatic carbocycles. The minimum atomic E-state index is 0.486. The van der Waals surface area contributed by atoms with Gasteiger partial charge in [-0.1, -0.05) is 30.3 Å². The Labute approximate surface area is 108 Å². The number of pyridine rings is 1. The summed E-state index contributed by atoms with van der Waals surface area (Å²) in [5, 5.41) is 0. The van der Waals surface area contributed by atoms with E-state index in [0.717, 1.165) is 18.7 Å². The summed E-state index contributed by atoms with van der Waals surface area (Å²) >= 11 is 0. The van der Waals surface area contributed by atoms with Gasteiger partial charge in [-0.15, -0.1) is 0 Å². The number of hydrogen-bond acceptors (Lipinski definition) is 3. The number of nitrogens with zero attached hydrogens (tertiary/aromatic N) is 2. The Morgan fingerprint density at radius 1 is 1.17 bits per heavy atom. The monoisotopic (exact) mass is 241 g/mol. The van der Waals surface area contributed by atoms with Crippen LogP contribution in [0.1, 0.15) is 11.3 Å². The predicted molar refractivity (Wildman–Crippen MR) is 75.5 cm³/mol. The Kier molecular flexibility index (Phi) is 4.31. The lowest BCUT2D eigenvalue weighted by molar-refractivity contribution is 0.870. The van der Waals surface area contributed by atoms with Crippen LogP contribution in [0.4, 0.5) is 5.69 Å². The van der Waals surface area contributed by atoms with E-state index in [0.29, 0.717) is 6.54 Å². The van der Waals surface area contributed by atoms with Crippen LogP contribution in [0.25, 0.3) is 0 Å². The first-order chi connectivity index (χ1) is 8.79. The van der Waals surface area contributed by atoms with Crippen molar-refractivity contribution in [1.29, 1.82) is 0 Å². The van der Waals surface area contributed by atoms with Crippen molar-refractivity contribution in [3.8, 4) is 0 Å². The highest BCUT2D eigenvalue weighted by atomic mass is 15.1. The Morgan fingerprint density at radius 3 is 2.67 bits per heavy atom. The minimum Gasteiger partial charge on any atom is -0.374 e. The first kappa shape index (κ1) is 12.6. The van der Waals surface area contributed by atoms with Gasteiger partial charge >= 0.3 is 0 Å². The van der Waals surface area contributed by atoms with E-state index in [-0.39, 0.29) is 0 Å². The van der Waals surface area contributed by atoms with Gasteiger partial charge in [-0.3, -0.25) is 4.98 Å². The van der Waals surface area contributed by atoms with Crippen molar-refractivity contribution in [2.24, 2.45) is 5.73 Å². The second-order valence-electron chi connectivity index (χ2n) is 4.37. The van der Waals surface area contributed by atoms with Gasteiger partial charge in [0, 0.05) is 32.0 Å². The van der Waals surface area contributed by atoms with E-state index in [4.69, 9.17) is 5.73 Å². The first-order valence-electron chi connectivity index (χ1n) is 6.19. The predicted octanol–water partition coefficient (Wildman–Crippen LogP) is 2.22. The third kappa shape index (κ3) is 3.31. The molecule has 0 fully saturated rings. The van der Waals surface area contributed by atoms with Gasteiger partial charge in [0.15, 0.2) is 0 Å². The van der Waals surface area contributed by atoms with Gasteiger partial charge in [0.2, 0.25) is 0 Å². The molecule has 2 rings (SSSR count). The molecule has 1 heterocycles. The molecule has 0 amide bonds. The molecule has 3 nitrogen and oxygen atoms in total. The van der Waals surface area contributed by atoms with Gasteiger partial charge in [-0.25, -0.2) is 0 Å². The van der Waals surface area contributed by atoms with Gasteiger partial charge in [0.25, 0.3) is 0 Å². The zero-order valence-electron chi connectivity index (χ0n) is 10.7. The summed E-state index contributed by atoms with van der Waals surface area (Å²) in [6, 6.07) is 14.6. The summed E-state index contributed by atoms with van der Waals surface area (Å²) in [6.07, 6.45) is 2.86. The fourth-order valence-corrected chi connectivity index (χ4v) is 1.89. The lowest BCUT2D eigenvalue weighted by Crippen LogP contribution is -2.20. The molecule has 0 bridgehead atoms. The van der Waals surface area contributed by atoms with Crippen molar-refractivity contribution in [3.63, 3.8) is 0 Å². The van der Waals surface area contributed by atoms with Crippen LogP contribution in [-0.2, 0) is 13.0 Å². The van der Waals surface area contributed by atoms with Crippen molar-refractivity contribution in [1.82, 2.24) is 4.98 Å². The number of hydrogen-bond donors (Lipinski definition) is 1. The lowest BCUT2D eigenvalue weighted by atomic mass is 10.1. The van der Waals surface area contributed by atoms with E-state index < -0.39 is 0 Å². The molecule has 18 heavy (non-hydrogen) atoms. The van der Waals surface area contributed by atoms with Gasteiger partial charge in [0.05, 0.1) is 5.69 Å². The number of rotatable bonds is 5. The molecule has 0 spiro atoms. The largest absolute Gasteiger partial charge is 0.374 e. The highest BCUT2D eigenvalue weighted by Crippen LogP contribution is 2.13. The molecule has 2 aromatic rings. The normalized spacial score (nSPS) is 10.3. The molecule has 0 atom stereocenters. The van der Waals surface area contributed by atoms with Crippen molar-refractivity contribution in [2.45, 2.75) is 13.0 Å². The molecule has 0 radical (unpaired) electrons. The number of anilines is 1. The molecule has 0 saturated carbocycles. The maximum Gasteiger partial charge on any atom is 0.0560 e. The lowest BCUT2D eigenvalue weighted by Gasteiger charge is -2.19. The summed E-state index contributed by atoms with van der Waals surface area (Å²) in [5.41, 5.74) is 9.06. The van der Waals surface area contributed by atoms with E-state index in [2.05, 4.69) is 41.2 Å². The second-order valence-corrected chi connectivity index (χ2v) is 4.37. The van der Waals surface area contributed by atoms with Gasteiger partial charge in [-0.05, 0) is 24.1 Å². The zero-order valence-corrected chi connectivity index (χ0v) is 10.7. The van der Waals surface area contributed by atoms with Crippen molar-refractivity contribution in [2.75, 3.05) is 18.5 Å². The van der Waals surface area contributed by atoms with Crippen molar-refractivity contribution < 1.29 is 0 Å². The maximum atomic E-state index is 5.60. The number of likely N-dealkylation sites (N-methyl/N-ethyl adjacent to an activating group) is 1. The molecule has 94 valence electrons. The Bertz CT molecular complexity index is 482. The molecule has 1 aromatic heterocycles. The third-order valence-corrected chi connectivity index (χ3v) is 3.03. The van der Waals surface area contributed by atoms with E-state index in [1.54, 1.807) is 0 Å². The maximum absolute atomic E-state index is 5.60. The average molecular weight is 241 g/mol. The summed E-state index contributed by atoms with van der Waals surface area (Å²) < 4.78 is 0. The van der Waals surface area contributed by atoms with E-state index in [9.17, 15) is 0 Å². The number of nitrogens with two attached hydrogens (primary N) is 1. The van der Waals surface area contributed by atoms with Gasteiger partial charge in [0.1, 0.15) is 0 Å². The Morgan fingerprint density at radius 2 is 1.94 bits per heavy atom. The molecule has 3 heteroatoms. The third-order valence-electron chi connectivity index (χ3n) is 3.03. The second kappa shape index (κ2) is 6.17. The van der Waals surface area contributed by atoms with Crippen LogP contribution in [0.2, 0.25) is 0 Å². The topological polar surface area (TPSA) is 42.2 Å². The highest BCUT2D eigenvalue weighted by Gasteiger charge is 2.02. The van der Waals surface area contributed by atoms with Gasteiger partial charge < -0.3 is 10.6 Å². The van der Waals surface area contributed by atoms with E-state index in [1.165, 1.54) is 11.3 Å². The van der Waals surface area contributed by atoms with Crippen LogP contribution in [0.15, 0.2) is 48.7 Å². The molecule has 0 saturated heterocycles. The van der Waals surface area contributed by atoms with Crippen LogP contribution in [0.3, 0.4) is 0 Å². The molecule has 2 N–H and O–H groups in total. The minimum absolute atomic E-state index is 0.486. The quantitative estimate of drug-likeness (QED) is 0.872. The first-order valence-corrected chi connectivity index (χ1v) is 6.19. The molecule has 0 unspecified atom stereocenters. The molecule has 0 aliphatic rings. The molecule has 0 aliphatic heterocycles. The smallest absolute Gasteiger partial charge is 0.0560 e. The molecular weight excluding hydrogens is 222 g/mol. The van der Waals surface area contributed by atoms with Crippen LogP contribution < -0.4 is 10.6 Å². The standard InChI is InChI=1S/C15H19N3/c1-18(10-8-13-5-3-2-4-6-13)15-7-9-17-14(11-15)12-16/h2-7,9,11H,8,10,12,16H2,1H3. The van der Waals surface area contributed by atoms with Crippen LogP contribution in [-0.4, -0.2) is 18.6 Å². The van der Waals surface area contributed by atoms with Crippen LogP contribution in [0, 0.1) is 0 Å². The van der Waals surface area contributed by atoms with Crippen molar-refractivity contribution in [3.05, 3.63) is 59.9 Å². The number of aromatic nitrogens is 1. The molecular formula is C15H19N3. The van der Waals surface area contributed by atoms with Gasteiger partial charge in [-0.2, -0.15) is 0 Å². The van der Waals surface area contributed by atoms with Crippen LogP contribution >= 0.6 is 0 Å². The summed E-state index contributed by atoms with van der Waals surface area (Å²) in [7, 11) is 2.10.